The number of carbonyl (C=O) groups is 3. The molecular formula is C23H21NO4S. The second-order valence-electron chi connectivity index (χ2n) is 6.50. The summed E-state index contributed by atoms with van der Waals surface area (Å²) in [6, 6.07) is 17.5. The largest absolute Gasteiger partial charge is 0.452 e. The summed E-state index contributed by atoms with van der Waals surface area (Å²) in [6.07, 6.45) is 0.727. The van der Waals surface area contributed by atoms with Gasteiger partial charge in [-0.3, -0.25) is 9.59 Å². The van der Waals surface area contributed by atoms with Crippen LogP contribution >= 0.6 is 11.3 Å². The zero-order valence-corrected chi connectivity index (χ0v) is 16.8. The van der Waals surface area contributed by atoms with Crippen molar-refractivity contribution in [3.8, 4) is 0 Å². The van der Waals surface area contributed by atoms with Gasteiger partial charge in [0.25, 0.3) is 5.91 Å². The fraction of sp³-hybridized carbons (Fsp3) is 0.174. The number of esters is 1. The summed E-state index contributed by atoms with van der Waals surface area (Å²) in [5.74, 6) is -1.34. The number of hydrogen-bond acceptors (Lipinski definition) is 5. The number of amides is 1. The third-order valence-electron chi connectivity index (χ3n) is 4.31. The van der Waals surface area contributed by atoms with Gasteiger partial charge in [0.15, 0.2) is 12.4 Å². The second kappa shape index (κ2) is 9.80. The van der Waals surface area contributed by atoms with E-state index in [1.165, 1.54) is 10.9 Å². The maximum atomic E-state index is 12.8. The van der Waals surface area contributed by atoms with Crippen LogP contribution in [0.4, 0.5) is 0 Å². The van der Waals surface area contributed by atoms with Crippen LogP contribution in [0, 0.1) is 6.92 Å². The molecule has 1 aromatic heterocycles. The minimum atomic E-state index is -0.700. The van der Waals surface area contributed by atoms with Crippen LogP contribution in [0.25, 0.3) is 0 Å². The van der Waals surface area contributed by atoms with Gasteiger partial charge < -0.3 is 10.1 Å². The molecule has 148 valence electrons. The van der Waals surface area contributed by atoms with E-state index in [1.54, 1.807) is 41.7 Å². The minimum absolute atomic E-state index is 0.143. The van der Waals surface area contributed by atoms with Crippen molar-refractivity contribution in [3.05, 3.63) is 93.2 Å². The van der Waals surface area contributed by atoms with Gasteiger partial charge >= 0.3 is 5.97 Å². The zero-order chi connectivity index (χ0) is 20.6. The lowest BCUT2D eigenvalue weighted by atomic mass is 9.98. The predicted octanol–water partition coefficient (Wildman–Crippen LogP) is 3.80. The number of hydrogen-bond donors (Lipinski definition) is 1. The summed E-state index contributed by atoms with van der Waals surface area (Å²) < 4.78 is 5.12. The number of nitrogens with one attached hydrogen (secondary N) is 1. The molecule has 0 aliphatic heterocycles. The molecule has 0 aliphatic rings. The van der Waals surface area contributed by atoms with E-state index >= 15 is 0 Å². The highest BCUT2D eigenvalue weighted by molar-refractivity contribution is 7.09. The molecule has 0 saturated heterocycles. The number of carbonyl (C=O) groups excluding carboxylic acids is 3. The highest BCUT2D eigenvalue weighted by Gasteiger charge is 2.19. The molecule has 0 radical (unpaired) electrons. The van der Waals surface area contributed by atoms with Gasteiger partial charge in [-0.1, -0.05) is 54.1 Å². The molecule has 0 spiro atoms. The first kappa shape index (κ1) is 20.5. The Hall–Kier alpha value is -3.25. The number of ketones is 1. The molecule has 3 aromatic rings. The molecule has 1 N–H and O–H groups in total. The maximum Gasteiger partial charge on any atom is 0.339 e. The average molecular weight is 407 g/mol. The molecule has 1 heterocycles. The number of ether oxygens (including phenoxy) is 1. The summed E-state index contributed by atoms with van der Waals surface area (Å²) in [5.41, 5.74) is 1.92. The van der Waals surface area contributed by atoms with Gasteiger partial charge in [-0.05, 0) is 30.9 Å². The van der Waals surface area contributed by atoms with Gasteiger partial charge in [0.1, 0.15) is 0 Å². The van der Waals surface area contributed by atoms with E-state index in [4.69, 9.17) is 4.74 Å². The molecular weight excluding hydrogens is 386 g/mol. The summed E-state index contributed by atoms with van der Waals surface area (Å²) in [6.45, 7) is 2.01. The Labute approximate surface area is 173 Å². The van der Waals surface area contributed by atoms with Crippen molar-refractivity contribution in [2.45, 2.75) is 13.3 Å². The Morgan fingerprint density at radius 3 is 2.34 bits per heavy atom. The summed E-state index contributed by atoms with van der Waals surface area (Å²) in [7, 11) is 0. The molecule has 0 fully saturated rings. The zero-order valence-electron chi connectivity index (χ0n) is 16.0. The lowest BCUT2D eigenvalue weighted by Gasteiger charge is -2.10. The fourth-order valence-corrected chi connectivity index (χ4v) is 3.47. The topological polar surface area (TPSA) is 72.5 Å². The quantitative estimate of drug-likeness (QED) is 0.455. The first-order valence-corrected chi connectivity index (χ1v) is 10.1. The van der Waals surface area contributed by atoms with Crippen LogP contribution in [0.5, 0.6) is 0 Å². The van der Waals surface area contributed by atoms with Crippen molar-refractivity contribution in [1.29, 1.82) is 0 Å². The molecule has 0 aliphatic carbocycles. The molecule has 29 heavy (non-hydrogen) atoms. The molecule has 0 bridgehead atoms. The van der Waals surface area contributed by atoms with Crippen LogP contribution in [-0.4, -0.2) is 30.8 Å². The van der Waals surface area contributed by atoms with Crippen LogP contribution in [-0.2, 0) is 16.0 Å². The summed E-state index contributed by atoms with van der Waals surface area (Å²) >= 11 is 1.62. The van der Waals surface area contributed by atoms with Crippen molar-refractivity contribution >= 4 is 29.0 Å². The van der Waals surface area contributed by atoms with Crippen molar-refractivity contribution in [2.24, 2.45) is 0 Å². The Kier molecular flexibility index (Phi) is 6.92. The number of rotatable bonds is 8. The van der Waals surface area contributed by atoms with E-state index in [0.29, 0.717) is 12.1 Å². The highest BCUT2D eigenvalue weighted by atomic mass is 32.1. The normalized spacial score (nSPS) is 10.4. The van der Waals surface area contributed by atoms with E-state index in [-0.39, 0.29) is 22.8 Å². The summed E-state index contributed by atoms with van der Waals surface area (Å²) in [4.78, 5) is 38.4. The predicted molar refractivity (Wildman–Crippen MR) is 112 cm³/mol. The van der Waals surface area contributed by atoms with Crippen molar-refractivity contribution in [2.75, 3.05) is 13.2 Å². The van der Waals surface area contributed by atoms with Crippen LogP contribution in [0.3, 0.4) is 0 Å². The third kappa shape index (κ3) is 5.62. The van der Waals surface area contributed by atoms with E-state index in [1.807, 2.05) is 36.6 Å². The lowest BCUT2D eigenvalue weighted by Crippen LogP contribution is -2.30. The number of thiophene rings is 1. The smallest absolute Gasteiger partial charge is 0.339 e. The lowest BCUT2D eigenvalue weighted by molar-refractivity contribution is -0.124. The van der Waals surface area contributed by atoms with Gasteiger partial charge in [-0.15, -0.1) is 11.3 Å². The van der Waals surface area contributed by atoms with Crippen LogP contribution in [0.1, 0.15) is 36.7 Å². The Balaban J connectivity index is 1.58. The van der Waals surface area contributed by atoms with E-state index < -0.39 is 12.6 Å². The van der Waals surface area contributed by atoms with Gasteiger partial charge in [0.2, 0.25) is 0 Å². The summed E-state index contributed by atoms with van der Waals surface area (Å²) in [5, 5.41) is 4.70. The van der Waals surface area contributed by atoms with Gasteiger partial charge in [-0.25, -0.2) is 4.79 Å². The third-order valence-corrected chi connectivity index (χ3v) is 5.25. The van der Waals surface area contributed by atoms with Crippen molar-refractivity contribution in [1.82, 2.24) is 5.32 Å². The molecule has 2 aromatic carbocycles. The Morgan fingerprint density at radius 2 is 1.66 bits per heavy atom. The van der Waals surface area contributed by atoms with Crippen molar-refractivity contribution in [3.63, 3.8) is 0 Å². The van der Waals surface area contributed by atoms with Crippen LogP contribution in [0.2, 0.25) is 0 Å². The van der Waals surface area contributed by atoms with Gasteiger partial charge in [-0.2, -0.15) is 0 Å². The first-order chi connectivity index (χ1) is 14.0. The van der Waals surface area contributed by atoms with E-state index in [0.717, 1.165) is 12.0 Å². The molecule has 5 nitrogen and oxygen atoms in total. The van der Waals surface area contributed by atoms with Crippen molar-refractivity contribution < 1.29 is 19.1 Å². The van der Waals surface area contributed by atoms with Crippen LogP contribution in [0.15, 0.2) is 66.0 Å². The van der Waals surface area contributed by atoms with E-state index in [2.05, 4.69) is 5.32 Å². The first-order valence-electron chi connectivity index (χ1n) is 9.21. The van der Waals surface area contributed by atoms with Crippen LogP contribution < -0.4 is 5.32 Å². The van der Waals surface area contributed by atoms with Gasteiger partial charge in [0, 0.05) is 22.5 Å². The SMILES string of the molecule is Cc1ccc(C(=O)c2ccccc2C(=O)OCC(=O)NCCc2cccs2)cc1. The monoisotopic (exact) mass is 407 g/mol. The molecule has 6 heteroatoms. The molecule has 0 unspecified atom stereocenters. The number of benzene rings is 2. The number of aryl methyl sites for hydroxylation is 1. The molecule has 0 atom stereocenters. The average Bonchev–Trinajstić information content (AvgIpc) is 3.25. The maximum absolute atomic E-state index is 12.8. The molecule has 0 saturated carbocycles. The minimum Gasteiger partial charge on any atom is -0.452 e. The van der Waals surface area contributed by atoms with E-state index in [9.17, 15) is 14.4 Å². The Bertz CT molecular complexity index is 994. The second-order valence-corrected chi connectivity index (χ2v) is 7.53. The highest BCUT2D eigenvalue weighted by Crippen LogP contribution is 2.16. The fourth-order valence-electron chi connectivity index (χ4n) is 2.76. The molecule has 3 rings (SSSR count). The standard InChI is InChI=1S/C23H21NO4S/c1-16-8-10-17(11-9-16)22(26)19-6-2-3-7-20(19)23(27)28-15-21(25)24-13-12-18-5-4-14-29-18/h2-11,14H,12-13,15H2,1H3,(H,24,25). The molecule has 1 amide bonds. The Morgan fingerprint density at radius 1 is 0.931 bits per heavy atom. The van der Waals surface area contributed by atoms with Gasteiger partial charge in [0.05, 0.1) is 5.56 Å².